The van der Waals surface area contributed by atoms with Crippen molar-refractivity contribution in [3.8, 4) is 11.1 Å². The van der Waals surface area contributed by atoms with Crippen LogP contribution in [0.15, 0.2) is 65.6 Å². The maximum atomic E-state index is 14.7. The number of fused-ring (bicyclic) bond motifs is 1. The van der Waals surface area contributed by atoms with Crippen LogP contribution in [0.2, 0.25) is 5.02 Å². The fraction of sp³-hybridized carbons (Fsp3) is 0.208. The summed E-state index contributed by atoms with van der Waals surface area (Å²) in [5.41, 5.74) is 3.67. The molecule has 0 aromatic heterocycles. The minimum atomic E-state index is -1.75. The summed E-state index contributed by atoms with van der Waals surface area (Å²) in [6.07, 6.45) is 1.14. The van der Waals surface area contributed by atoms with Gasteiger partial charge in [-0.2, -0.15) is 0 Å². The van der Waals surface area contributed by atoms with Gasteiger partial charge in [0.25, 0.3) is 0 Å². The number of rotatable bonds is 5. The van der Waals surface area contributed by atoms with Crippen LogP contribution in [0.1, 0.15) is 29.7 Å². The summed E-state index contributed by atoms with van der Waals surface area (Å²) in [7, 11) is -1.75. The van der Waals surface area contributed by atoms with Crippen molar-refractivity contribution in [2.75, 3.05) is 6.54 Å². The Kier molecular flexibility index (Phi) is 6.23. The van der Waals surface area contributed by atoms with Crippen molar-refractivity contribution >= 4 is 28.6 Å². The lowest BCUT2D eigenvalue weighted by molar-refractivity contribution is -0.142. The molecule has 160 valence electrons. The summed E-state index contributed by atoms with van der Waals surface area (Å²) in [5.74, 6) is -1.78. The van der Waals surface area contributed by atoms with E-state index in [4.69, 9.17) is 11.6 Å². The van der Waals surface area contributed by atoms with Gasteiger partial charge in [-0.1, -0.05) is 48.9 Å². The van der Waals surface area contributed by atoms with E-state index in [2.05, 4.69) is 0 Å². The Hall–Kier alpha value is -2.54. The molecule has 0 aliphatic carbocycles. The van der Waals surface area contributed by atoms with E-state index in [0.717, 1.165) is 22.3 Å². The van der Waals surface area contributed by atoms with E-state index >= 15 is 0 Å². The van der Waals surface area contributed by atoms with Gasteiger partial charge in [-0.15, -0.1) is 0 Å². The lowest BCUT2D eigenvalue weighted by Gasteiger charge is -2.34. The second-order valence-electron chi connectivity index (χ2n) is 7.36. The van der Waals surface area contributed by atoms with Crippen LogP contribution < -0.4 is 0 Å². The third-order valence-corrected chi connectivity index (χ3v) is 7.35. The molecular weight excluding hydrogens is 437 g/mol. The Balaban J connectivity index is 1.67. The van der Waals surface area contributed by atoms with Crippen LogP contribution in [-0.2, 0) is 28.6 Å². The highest BCUT2D eigenvalue weighted by atomic mass is 35.5. The zero-order chi connectivity index (χ0) is 22.1. The smallest absolute Gasteiger partial charge is 0.326 e. The monoisotopic (exact) mass is 457 g/mol. The molecule has 0 amide bonds. The van der Waals surface area contributed by atoms with Gasteiger partial charge in [0.05, 0.1) is 4.90 Å². The van der Waals surface area contributed by atoms with Gasteiger partial charge in [0.1, 0.15) is 22.8 Å². The van der Waals surface area contributed by atoms with E-state index in [1.54, 1.807) is 30.3 Å². The zero-order valence-electron chi connectivity index (χ0n) is 16.8. The molecule has 0 radical (unpaired) electrons. The molecular formula is C24H21ClFNO3S. The van der Waals surface area contributed by atoms with Crippen molar-refractivity contribution in [3.63, 3.8) is 0 Å². The highest BCUT2D eigenvalue weighted by Crippen LogP contribution is 2.36. The summed E-state index contributed by atoms with van der Waals surface area (Å²) in [5, 5.41) is 10.5. The van der Waals surface area contributed by atoms with E-state index in [1.165, 1.54) is 10.4 Å². The second kappa shape index (κ2) is 8.91. The second-order valence-corrected chi connectivity index (χ2v) is 9.24. The first-order chi connectivity index (χ1) is 14.9. The minimum absolute atomic E-state index is 0.129. The maximum Gasteiger partial charge on any atom is 0.326 e. The fourth-order valence-corrected chi connectivity index (χ4v) is 5.48. The number of carboxylic acid groups (broad SMARTS) is 1. The molecule has 1 aliphatic rings. The average molecular weight is 458 g/mol. The number of aryl methyl sites for hydroxylation is 1. The molecule has 1 heterocycles. The number of benzene rings is 3. The van der Waals surface area contributed by atoms with Crippen LogP contribution >= 0.6 is 11.6 Å². The highest BCUT2D eigenvalue weighted by molar-refractivity contribution is 7.82. The molecule has 31 heavy (non-hydrogen) atoms. The molecule has 4 nitrogen and oxygen atoms in total. The van der Waals surface area contributed by atoms with Crippen molar-refractivity contribution in [2.24, 2.45) is 0 Å². The molecule has 0 spiro atoms. The van der Waals surface area contributed by atoms with Crippen LogP contribution in [0.25, 0.3) is 11.1 Å². The van der Waals surface area contributed by atoms with Crippen molar-refractivity contribution < 1.29 is 18.5 Å². The van der Waals surface area contributed by atoms with E-state index in [1.807, 2.05) is 31.2 Å². The highest BCUT2D eigenvalue weighted by Gasteiger charge is 2.39. The molecule has 2 atom stereocenters. The van der Waals surface area contributed by atoms with Gasteiger partial charge in [0.15, 0.2) is 0 Å². The average Bonchev–Trinajstić information content (AvgIpc) is 2.79. The number of hydrogen-bond donors (Lipinski definition) is 1. The van der Waals surface area contributed by atoms with Crippen molar-refractivity contribution in [1.82, 2.24) is 4.31 Å². The Morgan fingerprint density at radius 2 is 1.71 bits per heavy atom. The molecule has 3 aromatic rings. The quantitative estimate of drug-likeness (QED) is 0.557. The molecule has 7 heteroatoms. The van der Waals surface area contributed by atoms with E-state index in [-0.39, 0.29) is 12.1 Å². The van der Waals surface area contributed by atoms with Crippen LogP contribution in [-0.4, -0.2) is 26.1 Å². The number of halogens is 2. The number of carboxylic acids is 1. The maximum absolute atomic E-state index is 14.7. The number of aliphatic carboxylic acids is 1. The van der Waals surface area contributed by atoms with Crippen LogP contribution in [0.4, 0.5) is 4.39 Å². The van der Waals surface area contributed by atoms with Crippen molar-refractivity contribution in [3.05, 3.63) is 88.2 Å². The Bertz CT molecular complexity index is 1150. The van der Waals surface area contributed by atoms with E-state index in [0.29, 0.717) is 22.8 Å². The summed E-state index contributed by atoms with van der Waals surface area (Å²) < 4.78 is 29.4. The zero-order valence-corrected chi connectivity index (χ0v) is 18.4. The molecule has 0 saturated heterocycles. The van der Waals surface area contributed by atoms with Crippen LogP contribution in [0.3, 0.4) is 0 Å². The summed E-state index contributed by atoms with van der Waals surface area (Å²) >= 11 is 5.94. The minimum Gasteiger partial charge on any atom is -0.480 e. The Morgan fingerprint density at radius 1 is 1.10 bits per heavy atom. The lowest BCUT2D eigenvalue weighted by Crippen LogP contribution is -2.41. The van der Waals surface area contributed by atoms with Crippen LogP contribution in [0.5, 0.6) is 0 Å². The van der Waals surface area contributed by atoms with Gasteiger partial charge >= 0.3 is 5.97 Å². The molecule has 0 saturated carbocycles. The normalized spacial score (nSPS) is 17.2. The van der Waals surface area contributed by atoms with Gasteiger partial charge in [0.2, 0.25) is 0 Å². The Morgan fingerprint density at radius 3 is 2.29 bits per heavy atom. The summed E-state index contributed by atoms with van der Waals surface area (Å²) in [6.45, 7) is 2.22. The third kappa shape index (κ3) is 4.15. The van der Waals surface area contributed by atoms with E-state index < -0.39 is 28.8 Å². The Labute approximate surface area is 187 Å². The standard InChI is InChI=1S/C24H21ClFNO3S/c1-2-15-7-12-21(26)22-20(15)13-14-27(23(22)24(28)29)31(30)19-10-5-17(6-11-19)16-3-8-18(25)9-4-16/h3-12,23H,2,13-14H2,1H3,(H,28,29). The molecule has 2 unspecified atom stereocenters. The number of hydrogen-bond acceptors (Lipinski definition) is 2. The molecule has 0 fully saturated rings. The third-order valence-electron chi connectivity index (χ3n) is 5.61. The predicted octanol–water partition coefficient (Wildman–Crippen LogP) is 5.42. The molecule has 1 N–H and O–H groups in total. The summed E-state index contributed by atoms with van der Waals surface area (Å²) in [6, 6.07) is 16.2. The van der Waals surface area contributed by atoms with E-state index in [9.17, 15) is 18.5 Å². The topological polar surface area (TPSA) is 57.6 Å². The van der Waals surface area contributed by atoms with Gasteiger partial charge in [-0.3, -0.25) is 4.79 Å². The number of nitrogens with zero attached hydrogens (tertiary/aromatic N) is 1. The van der Waals surface area contributed by atoms with Gasteiger partial charge in [-0.05, 0) is 65.4 Å². The van der Waals surface area contributed by atoms with Gasteiger partial charge in [0, 0.05) is 17.1 Å². The number of carbonyl (C=O) groups is 1. The fourth-order valence-electron chi connectivity index (χ4n) is 4.07. The van der Waals surface area contributed by atoms with Crippen molar-refractivity contribution in [2.45, 2.75) is 30.7 Å². The summed E-state index contributed by atoms with van der Waals surface area (Å²) in [4.78, 5) is 12.6. The molecule has 3 aromatic carbocycles. The molecule has 4 rings (SSSR count). The molecule has 1 aliphatic heterocycles. The van der Waals surface area contributed by atoms with Crippen LogP contribution in [0, 0.1) is 5.82 Å². The lowest BCUT2D eigenvalue weighted by atomic mass is 9.89. The largest absolute Gasteiger partial charge is 0.480 e. The van der Waals surface area contributed by atoms with Gasteiger partial charge < -0.3 is 5.11 Å². The predicted molar refractivity (Wildman–Crippen MR) is 120 cm³/mol. The van der Waals surface area contributed by atoms with Gasteiger partial charge in [-0.25, -0.2) is 12.9 Å². The SMILES string of the molecule is CCc1ccc(F)c2c1CCN(S(=O)c1ccc(-c3ccc(Cl)cc3)cc1)C2C(=O)O. The van der Waals surface area contributed by atoms with Crippen molar-refractivity contribution in [1.29, 1.82) is 0 Å². The first-order valence-electron chi connectivity index (χ1n) is 9.98. The first kappa shape index (κ1) is 21.7. The first-order valence-corrected chi connectivity index (χ1v) is 11.5. The molecule has 0 bridgehead atoms.